The summed E-state index contributed by atoms with van der Waals surface area (Å²) in [4.78, 5) is 27.3. The minimum atomic E-state index is -3.65. The van der Waals surface area contributed by atoms with Gasteiger partial charge in [-0.3, -0.25) is 0 Å². The molecule has 0 aromatic heterocycles. The smallest absolute Gasteiger partial charge is 0.192 e. The molecule has 0 aromatic carbocycles. The van der Waals surface area contributed by atoms with Crippen molar-refractivity contribution in [3.63, 3.8) is 0 Å². The molecule has 0 bridgehead atoms. The van der Waals surface area contributed by atoms with Gasteiger partial charge in [0.2, 0.25) is 0 Å². The van der Waals surface area contributed by atoms with Gasteiger partial charge in [-0.2, -0.15) is 14.7 Å². The lowest BCUT2D eigenvalue weighted by molar-refractivity contribution is 0.276. The van der Waals surface area contributed by atoms with Gasteiger partial charge in [0, 0.05) is 0 Å². The molecule has 68 valence electrons. The summed E-state index contributed by atoms with van der Waals surface area (Å²) in [7, 11) is -3.65. The summed E-state index contributed by atoms with van der Waals surface area (Å²) in [5, 5.41) is -0.693. The number of hydrogen-bond donors (Lipinski definition) is 3. The van der Waals surface area contributed by atoms with Crippen LogP contribution < -0.4 is 0 Å². The van der Waals surface area contributed by atoms with E-state index >= 15 is 0 Å². The summed E-state index contributed by atoms with van der Waals surface area (Å²) in [5.41, 5.74) is 0. The maximum atomic E-state index is 9.09. The van der Waals surface area contributed by atoms with Crippen LogP contribution in [0.3, 0.4) is 0 Å². The van der Waals surface area contributed by atoms with Crippen molar-refractivity contribution in [2.24, 2.45) is 0 Å². The topological polar surface area (TPSA) is 60.7 Å². The maximum absolute atomic E-state index is 9.09. The third kappa shape index (κ3) is 2.68. The van der Waals surface area contributed by atoms with Crippen LogP contribution in [0.1, 0.15) is 40.0 Å². The fourth-order valence-electron chi connectivity index (χ4n) is 1.08. The van der Waals surface area contributed by atoms with Crippen LogP contribution in [-0.4, -0.2) is 19.8 Å². The molecule has 0 amide bonds. The quantitative estimate of drug-likeness (QED) is 0.578. The van der Waals surface area contributed by atoms with E-state index in [2.05, 4.69) is 0 Å². The first-order valence-electron chi connectivity index (χ1n) is 3.94. The van der Waals surface area contributed by atoms with E-state index in [9.17, 15) is 0 Å². The van der Waals surface area contributed by atoms with E-state index in [0.717, 1.165) is 6.42 Å². The Kier molecular flexibility index (Phi) is 3.92. The molecule has 0 fully saturated rings. The summed E-state index contributed by atoms with van der Waals surface area (Å²) in [6.07, 6.45) is 2.10. The predicted molar refractivity (Wildman–Crippen MR) is 47.2 cm³/mol. The van der Waals surface area contributed by atoms with E-state index in [-0.39, 0.29) is 0 Å². The normalized spacial score (nSPS) is 18.0. The Morgan fingerprint density at radius 2 is 1.64 bits per heavy atom. The fourth-order valence-corrected chi connectivity index (χ4v) is 2.03. The van der Waals surface area contributed by atoms with Gasteiger partial charge < -0.3 is 0 Å². The third-order valence-electron chi connectivity index (χ3n) is 2.27. The van der Waals surface area contributed by atoms with Crippen molar-refractivity contribution in [2.75, 3.05) is 0 Å². The molecule has 0 heterocycles. The molecule has 0 aliphatic rings. The molecule has 0 saturated heterocycles. The van der Waals surface area contributed by atoms with Crippen molar-refractivity contribution in [3.05, 3.63) is 0 Å². The maximum Gasteiger partial charge on any atom is 0.409 e. The number of hydrogen-bond acceptors (Lipinski definition) is 3. The Balaban J connectivity index is 4.33. The van der Waals surface area contributed by atoms with Crippen LogP contribution in [0.5, 0.6) is 0 Å². The van der Waals surface area contributed by atoms with Gasteiger partial charge >= 0.3 is 7.94 Å². The van der Waals surface area contributed by atoms with E-state index in [1.54, 1.807) is 6.92 Å². The first-order valence-corrected chi connectivity index (χ1v) is 5.59. The van der Waals surface area contributed by atoms with Crippen molar-refractivity contribution < 1.29 is 14.7 Å². The van der Waals surface area contributed by atoms with Crippen molar-refractivity contribution in [1.82, 2.24) is 0 Å². The van der Waals surface area contributed by atoms with Crippen molar-refractivity contribution in [2.45, 2.75) is 45.2 Å². The molecule has 3 nitrogen and oxygen atoms in total. The largest absolute Gasteiger partial charge is 0.409 e. The Hall–Kier alpha value is 0.310. The summed E-state index contributed by atoms with van der Waals surface area (Å²) in [6.45, 7) is 5.53. The first-order chi connectivity index (χ1) is 4.87. The Labute approximate surface area is 68.7 Å². The minimum Gasteiger partial charge on any atom is -0.192 e. The lowest BCUT2D eigenvalue weighted by Crippen LogP contribution is -2.26. The average molecular weight is 181 g/mol. The van der Waals surface area contributed by atoms with Crippen LogP contribution in [0.25, 0.3) is 0 Å². The highest BCUT2D eigenvalue weighted by atomic mass is 31.2. The van der Waals surface area contributed by atoms with Crippen LogP contribution in [0.2, 0.25) is 0 Å². The van der Waals surface area contributed by atoms with Gasteiger partial charge in [0.15, 0.2) is 5.16 Å². The van der Waals surface area contributed by atoms with Gasteiger partial charge in [-0.1, -0.05) is 20.3 Å². The zero-order chi connectivity index (χ0) is 9.12. The molecule has 4 heteroatoms. The molecule has 0 saturated carbocycles. The molecule has 0 radical (unpaired) electrons. The summed E-state index contributed by atoms with van der Waals surface area (Å²) >= 11 is 0. The van der Waals surface area contributed by atoms with Crippen LogP contribution in [0.4, 0.5) is 0 Å². The first kappa shape index (κ1) is 11.3. The van der Waals surface area contributed by atoms with Gasteiger partial charge in [-0.25, -0.2) is 0 Å². The lowest BCUT2D eigenvalue weighted by Gasteiger charge is -2.26. The Bertz CT molecular complexity index is 121. The standard InChI is InChI=1S/C7H18O3P/c1-4-6-7(3,5-2)11(8,9)10/h8-10H,4-6H2,1-3H3/q+1. The molecule has 1 unspecified atom stereocenters. The van der Waals surface area contributed by atoms with E-state index < -0.39 is 13.1 Å². The molecule has 0 aliphatic carbocycles. The monoisotopic (exact) mass is 181 g/mol. The Morgan fingerprint density at radius 1 is 1.18 bits per heavy atom. The van der Waals surface area contributed by atoms with Crippen LogP contribution >= 0.6 is 7.94 Å². The highest BCUT2D eigenvalue weighted by Crippen LogP contribution is 2.61. The van der Waals surface area contributed by atoms with Gasteiger partial charge in [-0.15, -0.1) is 0 Å². The van der Waals surface area contributed by atoms with E-state index in [4.69, 9.17) is 14.7 Å². The van der Waals surface area contributed by atoms with Gasteiger partial charge in [0.25, 0.3) is 0 Å². The SMILES string of the molecule is CCCC(C)(CC)[P+](O)(O)O. The zero-order valence-corrected chi connectivity index (χ0v) is 8.30. The molecule has 0 rings (SSSR count). The van der Waals surface area contributed by atoms with E-state index in [1.165, 1.54) is 0 Å². The van der Waals surface area contributed by atoms with E-state index in [0.29, 0.717) is 12.8 Å². The summed E-state index contributed by atoms with van der Waals surface area (Å²) < 4.78 is 0. The molecular formula is C7H18O3P+. The van der Waals surface area contributed by atoms with Crippen molar-refractivity contribution >= 4 is 7.94 Å². The van der Waals surface area contributed by atoms with Crippen LogP contribution in [0, 0.1) is 0 Å². The highest BCUT2D eigenvalue weighted by Gasteiger charge is 2.52. The second-order valence-electron chi connectivity index (χ2n) is 3.17. The fraction of sp³-hybridized carbons (Fsp3) is 1.00. The highest BCUT2D eigenvalue weighted by molar-refractivity contribution is 7.60. The second kappa shape index (κ2) is 3.81. The zero-order valence-electron chi connectivity index (χ0n) is 7.41. The molecule has 0 aliphatic heterocycles. The Morgan fingerprint density at radius 3 is 1.73 bits per heavy atom. The molecule has 0 spiro atoms. The summed E-state index contributed by atoms with van der Waals surface area (Å²) in [5.74, 6) is 0. The molecule has 0 aromatic rings. The van der Waals surface area contributed by atoms with Crippen molar-refractivity contribution in [1.29, 1.82) is 0 Å². The van der Waals surface area contributed by atoms with Crippen LogP contribution in [0.15, 0.2) is 0 Å². The molecule has 1 atom stereocenters. The number of rotatable bonds is 4. The minimum absolute atomic E-state index is 0.595. The van der Waals surface area contributed by atoms with Gasteiger partial charge in [0.1, 0.15) is 0 Å². The van der Waals surface area contributed by atoms with E-state index in [1.807, 2.05) is 13.8 Å². The molecule has 11 heavy (non-hydrogen) atoms. The third-order valence-corrected chi connectivity index (χ3v) is 4.26. The van der Waals surface area contributed by atoms with Gasteiger partial charge in [0.05, 0.1) is 0 Å². The molecular weight excluding hydrogens is 163 g/mol. The second-order valence-corrected chi connectivity index (χ2v) is 5.39. The summed E-state index contributed by atoms with van der Waals surface area (Å²) in [6, 6.07) is 0. The molecule has 3 N–H and O–H groups in total. The van der Waals surface area contributed by atoms with Crippen LogP contribution in [-0.2, 0) is 0 Å². The lowest BCUT2D eigenvalue weighted by atomic mass is 10.0. The predicted octanol–water partition coefficient (Wildman–Crippen LogP) is 1.69. The van der Waals surface area contributed by atoms with Crippen molar-refractivity contribution in [3.8, 4) is 0 Å². The van der Waals surface area contributed by atoms with Gasteiger partial charge in [-0.05, 0) is 19.8 Å². The average Bonchev–Trinajstić information content (AvgIpc) is 1.86.